The van der Waals surface area contributed by atoms with Crippen molar-refractivity contribution in [1.82, 2.24) is 0 Å². The summed E-state index contributed by atoms with van der Waals surface area (Å²) in [4.78, 5) is 12.4. The fraction of sp³-hybridized carbons (Fsp3) is 0.438. The molecule has 0 saturated heterocycles. The van der Waals surface area contributed by atoms with Crippen molar-refractivity contribution in [3.05, 3.63) is 28.8 Å². The molecule has 0 heterocycles. The van der Waals surface area contributed by atoms with Gasteiger partial charge in [-0.05, 0) is 31.0 Å². The van der Waals surface area contributed by atoms with E-state index in [9.17, 15) is 4.79 Å². The van der Waals surface area contributed by atoms with Crippen LogP contribution in [0.25, 0.3) is 0 Å². The molecule has 0 radical (unpaired) electrons. The van der Waals surface area contributed by atoms with E-state index in [1.54, 1.807) is 18.2 Å². The second-order valence-corrected chi connectivity index (χ2v) is 5.85. The van der Waals surface area contributed by atoms with E-state index in [0.29, 0.717) is 10.7 Å². The number of halogens is 1. The van der Waals surface area contributed by atoms with Crippen LogP contribution >= 0.6 is 11.6 Å². The molecule has 3 nitrogen and oxygen atoms in total. The van der Waals surface area contributed by atoms with E-state index in [4.69, 9.17) is 17.3 Å². The molecular weight excluding hydrogens is 272 g/mol. The summed E-state index contributed by atoms with van der Waals surface area (Å²) < 4.78 is 0. The van der Waals surface area contributed by atoms with Crippen molar-refractivity contribution < 1.29 is 4.79 Å². The maximum absolute atomic E-state index is 12.4. The average Bonchev–Trinajstić information content (AvgIpc) is 2.86. The van der Waals surface area contributed by atoms with Crippen molar-refractivity contribution in [3.63, 3.8) is 0 Å². The van der Waals surface area contributed by atoms with Crippen LogP contribution in [-0.4, -0.2) is 12.5 Å². The Morgan fingerprint density at radius 1 is 1.45 bits per heavy atom. The minimum Gasteiger partial charge on any atom is -0.324 e. The highest BCUT2D eigenvalue weighted by molar-refractivity contribution is 6.31. The molecule has 4 heteroatoms. The number of hydrogen-bond donors (Lipinski definition) is 2. The van der Waals surface area contributed by atoms with Gasteiger partial charge in [-0.1, -0.05) is 43.2 Å². The summed E-state index contributed by atoms with van der Waals surface area (Å²) in [6, 6.07) is 5.30. The molecule has 2 rings (SSSR count). The summed E-state index contributed by atoms with van der Waals surface area (Å²) in [6.07, 6.45) is 4.09. The van der Waals surface area contributed by atoms with Gasteiger partial charge in [0, 0.05) is 16.0 Å². The molecule has 0 unspecified atom stereocenters. The maximum atomic E-state index is 12.4. The lowest BCUT2D eigenvalue weighted by molar-refractivity contribution is -0.124. The zero-order valence-electron chi connectivity index (χ0n) is 11.6. The third kappa shape index (κ3) is 3.33. The van der Waals surface area contributed by atoms with Crippen molar-refractivity contribution in [1.29, 1.82) is 0 Å². The fourth-order valence-electron chi connectivity index (χ4n) is 2.53. The first-order chi connectivity index (χ1) is 9.55. The molecule has 1 amide bonds. The van der Waals surface area contributed by atoms with Crippen molar-refractivity contribution in [2.24, 2.45) is 11.1 Å². The van der Waals surface area contributed by atoms with Gasteiger partial charge in [0.15, 0.2) is 0 Å². The van der Waals surface area contributed by atoms with Crippen LogP contribution < -0.4 is 11.1 Å². The Hall–Kier alpha value is -1.50. The highest BCUT2D eigenvalue weighted by atomic mass is 35.5. The largest absolute Gasteiger partial charge is 0.324 e. The Balaban J connectivity index is 2.23. The first kappa shape index (κ1) is 14.9. The SMILES string of the molecule is CC1(C(=O)Nc2cc(Cl)ccc2C#CCN)CCCC1. The number of carbonyl (C=O) groups is 1. The van der Waals surface area contributed by atoms with Gasteiger partial charge in [-0.15, -0.1) is 0 Å². The van der Waals surface area contributed by atoms with Gasteiger partial charge in [-0.25, -0.2) is 0 Å². The molecule has 1 aliphatic rings. The monoisotopic (exact) mass is 290 g/mol. The molecule has 20 heavy (non-hydrogen) atoms. The van der Waals surface area contributed by atoms with Crippen molar-refractivity contribution in [3.8, 4) is 11.8 Å². The Labute approximate surface area is 124 Å². The Morgan fingerprint density at radius 2 is 2.15 bits per heavy atom. The molecule has 0 spiro atoms. The van der Waals surface area contributed by atoms with Gasteiger partial charge in [-0.2, -0.15) is 0 Å². The standard InChI is InChI=1S/C16H19ClN2O/c1-16(8-2-3-9-16)15(20)19-14-11-13(17)7-6-12(14)5-4-10-18/h6-7,11H,2-3,8-10,18H2,1H3,(H,19,20). The Kier molecular flexibility index (Phi) is 4.69. The second kappa shape index (κ2) is 6.30. The third-order valence-corrected chi connectivity index (χ3v) is 4.05. The number of nitrogens with two attached hydrogens (primary N) is 1. The number of nitrogens with one attached hydrogen (secondary N) is 1. The zero-order valence-corrected chi connectivity index (χ0v) is 12.4. The van der Waals surface area contributed by atoms with Crippen LogP contribution in [0.4, 0.5) is 5.69 Å². The van der Waals surface area contributed by atoms with Gasteiger partial charge in [0.1, 0.15) is 0 Å². The minimum absolute atomic E-state index is 0.0491. The van der Waals surface area contributed by atoms with Crippen LogP contribution in [0.15, 0.2) is 18.2 Å². The summed E-state index contributed by atoms with van der Waals surface area (Å²) in [5.74, 6) is 5.81. The lowest BCUT2D eigenvalue weighted by Crippen LogP contribution is -2.31. The topological polar surface area (TPSA) is 55.1 Å². The predicted molar refractivity (Wildman–Crippen MR) is 82.6 cm³/mol. The first-order valence-electron chi connectivity index (χ1n) is 6.85. The van der Waals surface area contributed by atoms with Gasteiger partial charge >= 0.3 is 0 Å². The second-order valence-electron chi connectivity index (χ2n) is 5.42. The number of anilines is 1. The number of carbonyl (C=O) groups excluding carboxylic acids is 1. The Bertz CT molecular complexity index is 566. The van der Waals surface area contributed by atoms with Crippen molar-refractivity contribution >= 4 is 23.2 Å². The average molecular weight is 291 g/mol. The molecule has 0 bridgehead atoms. The number of hydrogen-bond acceptors (Lipinski definition) is 2. The lowest BCUT2D eigenvalue weighted by Gasteiger charge is -2.22. The van der Waals surface area contributed by atoms with E-state index in [0.717, 1.165) is 31.2 Å². The molecule has 0 aromatic heterocycles. The van der Waals surface area contributed by atoms with Crippen molar-refractivity contribution in [2.75, 3.05) is 11.9 Å². The summed E-state index contributed by atoms with van der Waals surface area (Å²) in [7, 11) is 0. The fourth-order valence-corrected chi connectivity index (χ4v) is 2.70. The Morgan fingerprint density at radius 3 is 2.80 bits per heavy atom. The molecule has 3 N–H and O–H groups in total. The maximum Gasteiger partial charge on any atom is 0.230 e. The van der Waals surface area contributed by atoms with Crippen LogP contribution in [0.3, 0.4) is 0 Å². The van der Waals surface area contributed by atoms with E-state index in [1.807, 2.05) is 6.92 Å². The van der Waals surface area contributed by atoms with E-state index in [-0.39, 0.29) is 17.9 Å². The molecule has 1 aromatic rings. The molecule has 106 valence electrons. The van der Waals surface area contributed by atoms with E-state index >= 15 is 0 Å². The van der Waals surface area contributed by atoms with Crippen molar-refractivity contribution in [2.45, 2.75) is 32.6 Å². The summed E-state index contributed by atoms with van der Waals surface area (Å²) in [5, 5.41) is 3.55. The summed E-state index contributed by atoms with van der Waals surface area (Å²) in [6.45, 7) is 2.30. The molecule has 0 aliphatic heterocycles. The minimum atomic E-state index is -0.277. The van der Waals surface area contributed by atoms with Crippen LogP contribution in [0.1, 0.15) is 38.2 Å². The van der Waals surface area contributed by atoms with Gasteiger partial charge in [0.25, 0.3) is 0 Å². The molecule has 1 saturated carbocycles. The highest BCUT2D eigenvalue weighted by Crippen LogP contribution is 2.38. The predicted octanol–water partition coefficient (Wildman–Crippen LogP) is 3.17. The highest BCUT2D eigenvalue weighted by Gasteiger charge is 2.36. The van der Waals surface area contributed by atoms with Gasteiger partial charge < -0.3 is 11.1 Å². The van der Waals surface area contributed by atoms with E-state index in [2.05, 4.69) is 17.2 Å². The van der Waals surface area contributed by atoms with Crippen LogP contribution in [0, 0.1) is 17.3 Å². The number of benzene rings is 1. The normalized spacial score (nSPS) is 16.4. The van der Waals surface area contributed by atoms with E-state index in [1.165, 1.54) is 0 Å². The summed E-state index contributed by atoms with van der Waals surface area (Å²) in [5.41, 5.74) is 6.52. The van der Waals surface area contributed by atoms with Crippen LogP contribution in [0.5, 0.6) is 0 Å². The first-order valence-corrected chi connectivity index (χ1v) is 7.23. The molecule has 1 fully saturated rings. The molecular formula is C16H19ClN2O. The van der Waals surface area contributed by atoms with Gasteiger partial charge in [-0.3, -0.25) is 4.79 Å². The quantitative estimate of drug-likeness (QED) is 0.822. The smallest absolute Gasteiger partial charge is 0.230 e. The molecule has 1 aromatic carbocycles. The third-order valence-electron chi connectivity index (χ3n) is 3.81. The van der Waals surface area contributed by atoms with Crippen LogP contribution in [-0.2, 0) is 4.79 Å². The zero-order chi connectivity index (χ0) is 14.6. The van der Waals surface area contributed by atoms with Crippen LogP contribution in [0.2, 0.25) is 5.02 Å². The lowest BCUT2D eigenvalue weighted by atomic mass is 9.87. The number of rotatable bonds is 2. The number of amides is 1. The summed E-state index contributed by atoms with van der Waals surface area (Å²) >= 11 is 6.00. The van der Waals surface area contributed by atoms with E-state index < -0.39 is 0 Å². The van der Waals surface area contributed by atoms with Gasteiger partial charge in [0.2, 0.25) is 5.91 Å². The van der Waals surface area contributed by atoms with Gasteiger partial charge in [0.05, 0.1) is 12.2 Å². The molecule has 0 atom stereocenters. The molecule has 1 aliphatic carbocycles.